The normalized spacial score (nSPS) is 14.5. The SMILES string of the molecule is COc1ccc(-c2nn(-c3ccccc3)cc2C(=O)N2CCC(C(N)=O)CC2)cc1. The van der Waals surface area contributed by atoms with E-state index in [0.29, 0.717) is 37.2 Å². The van der Waals surface area contributed by atoms with Gasteiger partial charge >= 0.3 is 0 Å². The van der Waals surface area contributed by atoms with Crippen molar-refractivity contribution in [1.29, 1.82) is 0 Å². The van der Waals surface area contributed by atoms with E-state index in [4.69, 9.17) is 15.6 Å². The van der Waals surface area contributed by atoms with Crippen LogP contribution in [0.15, 0.2) is 60.8 Å². The average Bonchev–Trinajstić information content (AvgIpc) is 3.25. The van der Waals surface area contributed by atoms with Crippen molar-refractivity contribution in [3.05, 3.63) is 66.4 Å². The maximum absolute atomic E-state index is 13.4. The molecule has 1 fully saturated rings. The first kappa shape index (κ1) is 19.7. The summed E-state index contributed by atoms with van der Waals surface area (Å²) in [6.45, 7) is 1.01. The lowest BCUT2D eigenvalue weighted by molar-refractivity contribution is -0.123. The average molecular weight is 404 g/mol. The lowest BCUT2D eigenvalue weighted by Crippen LogP contribution is -2.41. The zero-order valence-corrected chi connectivity index (χ0v) is 16.8. The number of likely N-dealkylation sites (tertiary alicyclic amines) is 1. The Balaban J connectivity index is 1.69. The maximum Gasteiger partial charge on any atom is 0.257 e. The molecule has 4 rings (SSSR count). The zero-order chi connectivity index (χ0) is 21.1. The molecule has 154 valence electrons. The third-order valence-corrected chi connectivity index (χ3v) is 5.51. The second-order valence-corrected chi connectivity index (χ2v) is 7.37. The molecule has 3 aromatic rings. The molecular formula is C23H24N4O3. The Labute approximate surface area is 175 Å². The molecule has 0 radical (unpaired) electrons. The third kappa shape index (κ3) is 3.91. The Kier molecular flexibility index (Phi) is 5.52. The molecule has 7 heteroatoms. The molecule has 0 atom stereocenters. The molecule has 1 aromatic heterocycles. The molecule has 2 amide bonds. The van der Waals surface area contributed by atoms with Gasteiger partial charge in [0.1, 0.15) is 11.4 Å². The number of piperidine rings is 1. The number of nitrogens with zero attached hydrogens (tertiary/aromatic N) is 3. The van der Waals surface area contributed by atoms with Crippen molar-refractivity contribution < 1.29 is 14.3 Å². The van der Waals surface area contributed by atoms with E-state index in [1.54, 1.807) is 22.9 Å². The van der Waals surface area contributed by atoms with Crippen molar-refractivity contribution in [1.82, 2.24) is 14.7 Å². The molecule has 0 aliphatic carbocycles. The fraction of sp³-hybridized carbons (Fsp3) is 0.261. The predicted octanol–water partition coefficient (Wildman–Crippen LogP) is 2.89. The van der Waals surface area contributed by atoms with Crippen LogP contribution in [0.1, 0.15) is 23.2 Å². The highest BCUT2D eigenvalue weighted by atomic mass is 16.5. The third-order valence-electron chi connectivity index (χ3n) is 5.51. The van der Waals surface area contributed by atoms with Gasteiger partial charge in [0, 0.05) is 30.8 Å². The van der Waals surface area contributed by atoms with E-state index in [1.165, 1.54) is 0 Å². The van der Waals surface area contributed by atoms with Crippen LogP contribution in [0.25, 0.3) is 16.9 Å². The molecule has 0 unspecified atom stereocenters. The number of carbonyl (C=O) groups is 2. The van der Waals surface area contributed by atoms with Crippen LogP contribution in [0, 0.1) is 5.92 Å². The molecule has 0 bridgehead atoms. The van der Waals surface area contributed by atoms with Gasteiger partial charge in [0.25, 0.3) is 5.91 Å². The van der Waals surface area contributed by atoms with Crippen molar-refractivity contribution in [3.8, 4) is 22.7 Å². The van der Waals surface area contributed by atoms with Crippen molar-refractivity contribution >= 4 is 11.8 Å². The number of carbonyl (C=O) groups excluding carboxylic acids is 2. The second-order valence-electron chi connectivity index (χ2n) is 7.37. The van der Waals surface area contributed by atoms with E-state index < -0.39 is 0 Å². The number of hydrogen-bond acceptors (Lipinski definition) is 4. The van der Waals surface area contributed by atoms with E-state index in [0.717, 1.165) is 17.0 Å². The predicted molar refractivity (Wildman–Crippen MR) is 113 cm³/mol. The molecule has 2 N–H and O–H groups in total. The first-order chi connectivity index (χ1) is 14.6. The van der Waals surface area contributed by atoms with Gasteiger partial charge in [0.15, 0.2) is 0 Å². The number of nitrogens with two attached hydrogens (primary N) is 1. The molecule has 0 spiro atoms. The van der Waals surface area contributed by atoms with Crippen LogP contribution >= 0.6 is 0 Å². The molecule has 1 aliphatic heterocycles. The Morgan fingerprint density at radius 2 is 1.70 bits per heavy atom. The molecule has 1 aliphatic rings. The fourth-order valence-corrected chi connectivity index (χ4v) is 3.74. The number of amides is 2. The van der Waals surface area contributed by atoms with Gasteiger partial charge in [-0.1, -0.05) is 18.2 Å². The number of rotatable bonds is 5. The van der Waals surface area contributed by atoms with Gasteiger partial charge in [-0.25, -0.2) is 4.68 Å². The van der Waals surface area contributed by atoms with Gasteiger partial charge in [0.05, 0.1) is 18.4 Å². The van der Waals surface area contributed by atoms with E-state index in [9.17, 15) is 9.59 Å². The minimum Gasteiger partial charge on any atom is -0.497 e. The molecule has 2 aromatic carbocycles. The Morgan fingerprint density at radius 3 is 2.30 bits per heavy atom. The van der Waals surface area contributed by atoms with Crippen molar-refractivity contribution in [3.63, 3.8) is 0 Å². The van der Waals surface area contributed by atoms with Crippen LogP contribution in [0.3, 0.4) is 0 Å². The largest absolute Gasteiger partial charge is 0.497 e. The van der Waals surface area contributed by atoms with E-state index in [-0.39, 0.29) is 17.7 Å². The van der Waals surface area contributed by atoms with Gasteiger partial charge in [-0.15, -0.1) is 0 Å². The number of hydrogen-bond donors (Lipinski definition) is 1. The number of methoxy groups -OCH3 is 1. The molecule has 2 heterocycles. The highest BCUT2D eigenvalue weighted by Crippen LogP contribution is 2.28. The van der Waals surface area contributed by atoms with Crippen LogP contribution in [0.5, 0.6) is 5.75 Å². The topological polar surface area (TPSA) is 90.5 Å². The van der Waals surface area contributed by atoms with Crippen LogP contribution < -0.4 is 10.5 Å². The lowest BCUT2D eigenvalue weighted by atomic mass is 9.95. The Bertz CT molecular complexity index is 1040. The smallest absolute Gasteiger partial charge is 0.257 e. The highest BCUT2D eigenvalue weighted by Gasteiger charge is 2.29. The summed E-state index contributed by atoms with van der Waals surface area (Å²) in [5.41, 5.74) is 8.28. The van der Waals surface area contributed by atoms with Gasteiger partial charge in [-0.05, 0) is 49.2 Å². The van der Waals surface area contributed by atoms with Crippen LogP contribution in [0.4, 0.5) is 0 Å². The van der Waals surface area contributed by atoms with E-state index in [1.807, 2.05) is 54.6 Å². The van der Waals surface area contributed by atoms with E-state index in [2.05, 4.69) is 0 Å². The highest BCUT2D eigenvalue weighted by molar-refractivity contribution is 6.00. The number of benzene rings is 2. The molecule has 30 heavy (non-hydrogen) atoms. The number of primary amides is 1. The van der Waals surface area contributed by atoms with E-state index >= 15 is 0 Å². The Morgan fingerprint density at radius 1 is 1.03 bits per heavy atom. The zero-order valence-electron chi connectivity index (χ0n) is 16.8. The van der Waals surface area contributed by atoms with Crippen LogP contribution in [-0.2, 0) is 4.79 Å². The van der Waals surface area contributed by atoms with Crippen molar-refractivity contribution in [2.75, 3.05) is 20.2 Å². The molecule has 0 saturated carbocycles. The summed E-state index contributed by atoms with van der Waals surface area (Å²) in [5.74, 6) is 0.189. The first-order valence-corrected chi connectivity index (χ1v) is 9.95. The molecule has 1 saturated heterocycles. The summed E-state index contributed by atoms with van der Waals surface area (Å²) in [7, 11) is 1.61. The monoisotopic (exact) mass is 404 g/mol. The first-order valence-electron chi connectivity index (χ1n) is 9.95. The number of para-hydroxylation sites is 1. The van der Waals surface area contributed by atoms with Crippen molar-refractivity contribution in [2.24, 2.45) is 11.7 Å². The quantitative estimate of drug-likeness (QED) is 0.708. The molecular weight excluding hydrogens is 380 g/mol. The Hall–Kier alpha value is -3.61. The van der Waals surface area contributed by atoms with Gasteiger partial charge in [-0.3, -0.25) is 9.59 Å². The summed E-state index contributed by atoms with van der Waals surface area (Å²) in [5, 5.41) is 4.72. The van der Waals surface area contributed by atoms with Gasteiger partial charge in [0.2, 0.25) is 5.91 Å². The van der Waals surface area contributed by atoms with Gasteiger partial charge < -0.3 is 15.4 Å². The minimum absolute atomic E-state index is 0.0917. The second kappa shape index (κ2) is 8.41. The fourth-order valence-electron chi connectivity index (χ4n) is 3.74. The minimum atomic E-state index is -0.294. The van der Waals surface area contributed by atoms with Gasteiger partial charge in [-0.2, -0.15) is 5.10 Å². The summed E-state index contributed by atoms with van der Waals surface area (Å²) >= 11 is 0. The standard InChI is InChI=1S/C23H24N4O3/c1-30-19-9-7-16(8-10-19)21-20(15-27(25-21)18-5-3-2-4-6-18)23(29)26-13-11-17(12-14-26)22(24)28/h2-10,15,17H,11-14H2,1H3,(H2,24,28). The summed E-state index contributed by atoms with van der Waals surface area (Å²) < 4.78 is 6.97. The summed E-state index contributed by atoms with van der Waals surface area (Å²) in [6.07, 6.45) is 2.95. The summed E-state index contributed by atoms with van der Waals surface area (Å²) in [4.78, 5) is 26.6. The number of ether oxygens (including phenoxy) is 1. The van der Waals surface area contributed by atoms with Crippen molar-refractivity contribution in [2.45, 2.75) is 12.8 Å². The van der Waals surface area contributed by atoms with Crippen LogP contribution in [0.2, 0.25) is 0 Å². The summed E-state index contributed by atoms with van der Waals surface area (Å²) in [6, 6.07) is 17.2. The van der Waals surface area contributed by atoms with Crippen LogP contribution in [-0.4, -0.2) is 46.7 Å². The maximum atomic E-state index is 13.4. The number of aromatic nitrogens is 2. The lowest BCUT2D eigenvalue weighted by Gasteiger charge is -2.30. The molecule has 7 nitrogen and oxygen atoms in total.